The molecule has 1 saturated heterocycles. The van der Waals surface area contributed by atoms with Crippen molar-refractivity contribution in [1.82, 2.24) is 9.80 Å². The fraction of sp³-hybridized carbons (Fsp3) is 0.533. The van der Waals surface area contributed by atoms with Gasteiger partial charge in [0.2, 0.25) is 0 Å². The minimum absolute atomic E-state index is 0.0579. The number of thioether (sulfide) groups is 1. The van der Waals surface area contributed by atoms with Gasteiger partial charge in [0.25, 0.3) is 0 Å². The van der Waals surface area contributed by atoms with Crippen molar-refractivity contribution >= 4 is 23.5 Å². The predicted molar refractivity (Wildman–Crippen MR) is 87.0 cm³/mol. The Balaban J connectivity index is 1.99. The number of carbonyl (C=O) groups is 1. The van der Waals surface area contributed by atoms with Crippen molar-refractivity contribution < 1.29 is 23.1 Å². The van der Waals surface area contributed by atoms with Gasteiger partial charge in [-0.15, -0.1) is 0 Å². The molecule has 1 heterocycles. The van der Waals surface area contributed by atoms with Crippen LogP contribution in [0.5, 0.6) is 0 Å². The molecule has 0 radical (unpaired) electrons. The van der Waals surface area contributed by atoms with Gasteiger partial charge in [0.15, 0.2) is 0 Å². The monoisotopic (exact) mass is 363 g/mol. The number of urea groups is 1. The predicted octanol–water partition coefficient (Wildman–Crippen LogP) is 2.83. The number of alkyl halides is 3. The molecule has 2 unspecified atom stereocenters. The molecule has 0 bridgehead atoms. The summed E-state index contributed by atoms with van der Waals surface area (Å²) in [6, 6.07) is 5.01. The number of aliphatic hydroxyl groups excluding tert-OH is 1. The molecule has 2 N–H and O–H groups in total. The number of likely N-dealkylation sites (tertiary alicyclic amines) is 1. The lowest BCUT2D eigenvalue weighted by Gasteiger charge is -2.23. The third kappa shape index (κ3) is 5.02. The van der Waals surface area contributed by atoms with Crippen molar-refractivity contribution in [2.45, 2.75) is 28.9 Å². The molecule has 134 valence electrons. The summed E-state index contributed by atoms with van der Waals surface area (Å²) in [4.78, 5) is 16.0. The Morgan fingerprint density at radius 3 is 2.50 bits per heavy atom. The van der Waals surface area contributed by atoms with Crippen molar-refractivity contribution in [3.05, 3.63) is 24.3 Å². The van der Waals surface area contributed by atoms with Gasteiger partial charge < -0.3 is 20.2 Å². The number of amides is 2. The zero-order chi connectivity index (χ0) is 17.9. The standard InChI is InChI=1S/C15H20F3N3O2S/c1-20(2)11-7-12(9-22)21(8-11)14(23)19-10-3-5-13(6-4-10)24-15(16,17)18/h3-6,11-12,22H,7-9H2,1-2H3,(H,19,23). The normalized spacial score (nSPS) is 21.4. The first kappa shape index (κ1) is 18.9. The number of anilines is 1. The fourth-order valence-corrected chi connectivity index (χ4v) is 3.16. The minimum Gasteiger partial charge on any atom is -0.394 e. The molecule has 1 aliphatic heterocycles. The maximum Gasteiger partial charge on any atom is 0.446 e. The third-order valence-corrected chi connectivity index (χ3v) is 4.67. The maximum absolute atomic E-state index is 12.4. The summed E-state index contributed by atoms with van der Waals surface area (Å²) in [7, 11) is 3.83. The number of nitrogens with one attached hydrogen (secondary N) is 1. The van der Waals surface area contributed by atoms with Gasteiger partial charge in [0.05, 0.1) is 12.6 Å². The highest BCUT2D eigenvalue weighted by atomic mass is 32.2. The van der Waals surface area contributed by atoms with E-state index in [1.807, 2.05) is 19.0 Å². The van der Waals surface area contributed by atoms with E-state index in [-0.39, 0.29) is 41.4 Å². The van der Waals surface area contributed by atoms with Crippen LogP contribution in [0.1, 0.15) is 6.42 Å². The van der Waals surface area contributed by atoms with Crippen molar-refractivity contribution in [3.63, 3.8) is 0 Å². The largest absolute Gasteiger partial charge is 0.446 e. The van der Waals surface area contributed by atoms with Crippen molar-refractivity contribution in [2.24, 2.45) is 0 Å². The van der Waals surface area contributed by atoms with Gasteiger partial charge in [-0.3, -0.25) is 0 Å². The highest BCUT2D eigenvalue weighted by Gasteiger charge is 2.35. The lowest BCUT2D eigenvalue weighted by Crippen LogP contribution is -2.41. The number of halogens is 3. The van der Waals surface area contributed by atoms with E-state index in [4.69, 9.17) is 0 Å². The summed E-state index contributed by atoms with van der Waals surface area (Å²) in [6.07, 6.45) is 0.679. The molecule has 5 nitrogen and oxygen atoms in total. The summed E-state index contributed by atoms with van der Waals surface area (Å²) >= 11 is -0.201. The van der Waals surface area contributed by atoms with Crippen LogP contribution in [0.3, 0.4) is 0 Å². The highest BCUT2D eigenvalue weighted by molar-refractivity contribution is 8.00. The summed E-state index contributed by atoms with van der Waals surface area (Å²) in [5.41, 5.74) is -3.92. The summed E-state index contributed by atoms with van der Waals surface area (Å²) in [5.74, 6) is 0. The molecule has 1 aromatic rings. The van der Waals surface area contributed by atoms with Crippen molar-refractivity contribution in [2.75, 3.05) is 32.6 Å². The van der Waals surface area contributed by atoms with E-state index in [0.29, 0.717) is 18.7 Å². The summed E-state index contributed by atoms with van der Waals surface area (Å²) in [5, 5.41) is 12.1. The number of rotatable bonds is 4. The first-order chi connectivity index (χ1) is 11.2. The molecule has 24 heavy (non-hydrogen) atoms. The van der Waals surface area contributed by atoms with E-state index in [1.54, 1.807) is 4.90 Å². The molecule has 2 rings (SSSR count). The maximum atomic E-state index is 12.4. The lowest BCUT2D eigenvalue weighted by atomic mass is 10.2. The Morgan fingerprint density at radius 2 is 2.00 bits per heavy atom. The van der Waals surface area contributed by atoms with Gasteiger partial charge >= 0.3 is 11.5 Å². The Bertz CT molecular complexity index is 566. The zero-order valence-corrected chi connectivity index (χ0v) is 14.2. The number of nitrogens with zero attached hydrogens (tertiary/aromatic N) is 2. The summed E-state index contributed by atoms with van der Waals surface area (Å²) in [6.45, 7) is 0.366. The summed E-state index contributed by atoms with van der Waals surface area (Å²) < 4.78 is 36.9. The van der Waals surface area contributed by atoms with Crippen LogP contribution in [0.25, 0.3) is 0 Å². The number of hydrogen-bond donors (Lipinski definition) is 2. The minimum atomic E-state index is -4.34. The van der Waals surface area contributed by atoms with Crippen molar-refractivity contribution in [1.29, 1.82) is 0 Å². The second kappa shape index (κ2) is 7.62. The van der Waals surface area contributed by atoms with Gasteiger partial charge in [-0.25, -0.2) is 4.79 Å². The van der Waals surface area contributed by atoms with Gasteiger partial charge in [0.1, 0.15) is 0 Å². The first-order valence-corrected chi connectivity index (χ1v) is 8.22. The number of hydrogen-bond acceptors (Lipinski definition) is 4. The topological polar surface area (TPSA) is 55.8 Å². The molecule has 0 spiro atoms. The molecular weight excluding hydrogens is 343 g/mol. The lowest BCUT2D eigenvalue weighted by molar-refractivity contribution is -0.0328. The highest BCUT2D eigenvalue weighted by Crippen LogP contribution is 2.37. The molecule has 9 heteroatoms. The van der Waals surface area contributed by atoms with Gasteiger partial charge in [-0.1, -0.05) is 0 Å². The second-order valence-electron chi connectivity index (χ2n) is 5.84. The molecule has 1 aromatic carbocycles. The zero-order valence-electron chi connectivity index (χ0n) is 13.4. The van der Waals surface area contributed by atoms with Gasteiger partial charge in [-0.05, 0) is 56.5 Å². The van der Waals surface area contributed by atoms with Crippen LogP contribution in [-0.4, -0.2) is 65.8 Å². The molecule has 2 atom stereocenters. The first-order valence-electron chi connectivity index (χ1n) is 7.40. The Kier molecular flexibility index (Phi) is 6.00. The average molecular weight is 363 g/mol. The quantitative estimate of drug-likeness (QED) is 0.808. The van der Waals surface area contributed by atoms with E-state index in [1.165, 1.54) is 24.3 Å². The van der Waals surface area contributed by atoms with Crippen molar-refractivity contribution in [3.8, 4) is 0 Å². The SMILES string of the molecule is CN(C)C1CC(CO)N(C(=O)Nc2ccc(SC(F)(F)F)cc2)C1. The van der Waals surface area contributed by atoms with Crippen LogP contribution >= 0.6 is 11.8 Å². The van der Waals surface area contributed by atoms with E-state index in [2.05, 4.69) is 5.32 Å². The molecule has 1 aliphatic rings. The molecular formula is C15H20F3N3O2S. The molecule has 0 aromatic heterocycles. The van der Waals surface area contributed by atoms with E-state index in [0.717, 1.165) is 0 Å². The van der Waals surface area contributed by atoms with Crippen LogP contribution in [0, 0.1) is 0 Å². The Labute approximate surface area is 142 Å². The van der Waals surface area contributed by atoms with Crippen LogP contribution in [0.4, 0.5) is 23.7 Å². The van der Waals surface area contributed by atoms with E-state index < -0.39 is 5.51 Å². The van der Waals surface area contributed by atoms with E-state index >= 15 is 0 Å². The third-order valence-electron chi connectivity index (χ3n) is 3.93. The Morgan fingerprint density at radius 1 is 1.38 bits per heavy atom. The smallest absolute Gasteiger partial charge is 0.394 e. The van der Waals surface area contributed by atoms with Crippen LogP contribution in [0.15, 0.2) is 29.2 Å². The van der Waals surface area contributed by atoms with Gasteiger partial charge in [0, 0.05) is 23.2 Å². The molecule has 0 aliphatic carbocycles. The van der Waals surface area contributed by atoms with Gasteiger partial charge in [-0.2, -0.15) is 13.2 Å². The number of carbonyl (C=O) groups excluding carboxylic acids is 1. The number of benzene rings is 1. The number of aliphatic hydroxyl groups is 1. The van der Waals surface area contributed by atoms with E-state index in [9.17, 15) is 23.1 Å². The van der Waals surface area contributed by atoms with Crippen LogP contribution in [-0.2, 0) is 0 Å². The molecule has 2 amide bonds. The second-order valence-corrected chi connectivity index (χ2v) is 6.98. The Hall–Kier alpha value is -1.45. The van der Waals surface area contributed by atoms with Crippen LogP contribution < -0.4 is 5.32 Å². The molecule has 0 saturated carbocycles. The van der Waals surface area contributed by atoms with Crippen LogP contribution in [0.2, 0.25) is 0 Å². The number of likely N-dealkylation sites (N-methyl/N-ethyl adjacent to an activating group) is 1. The molecule has 1 fully saturated rings. The average Bonchev–Trinajstić information content (AvgIpc) is 2.92. The fourth-order valence-electron chi connectivity index (χ4n) is 2.62.